The van der Waals surface area contributed by atoms with Crippen molar-refractivity contribution in [2.75, 3.05) is 0 Å². The quantitative estimate of drug-likeness (QED) is 0.392. The Morgan fingerprint density at radius 2 is 2.00 bits per heavy atom. The Balaban J connectivity index is 2.42. The third-order valence-electron chi connectivity index (χ3n) is 1.37. The minimum Gasteiger partial charge on any atom is -0.294 e. The van der Waals surface area contributed by atoms with E-state index < -0.39 is 0 Å². The van der Waals surface area contributed by atoms with Gasteiger partial charge in [0.15, 0.2) is 0 Å². The molecular weight excluding hydrogens is 159 g/mol. The molecule has 0 spiro atoms. The Hall–Kier alpha value is -1.42. The summed E-state index contributed by atoms with van der Waals surface area (Å²) in [6.07, 6.45) is 0.545. The van der Waals surface area contributed by atoms with Crippen LogP contribution in [0.3, 0.4) is 0 Å². The average molecular weight is 168 g/mol. The molecule has 0 aromatic heterocycles. The number of benzene rings is 1. The molecule has 0 bridgehead atoms. The van der Waals surface area contributed by atoms with Crippen LogP contribution in [0.1, 0.15) is 5.56 Å². The van der Waals surface area contributed by atoms with Crippen LogP contribution in [0.15, 0.2) is 24.3 Å². The second-order valence-corrected chi connectivity index (χ2v) is 2.24. The average Bonchev–Trinajstić information content (AvgIpc) is 2.09. The summed E-state index contributed by atoms with van der Waals surface area (Å²) >= 11 is 0. The standard InChI is InChI=1S/C8H9FN2O/c9-8-3-1-7(2-4-8)5-10-11-6-12/h1-4,6,10H,5H2,(H,11,12). The Kier molecular flexibility index (Phi) is 3.22. The molecule has 0 unspecified atom stereocenters. The molecule has 0 fully saturated rings. The number of carbonyl (C=O) groups excluding carboxylic acids is 1. The Labute approximate surface area is 69.6 Å². The number of rotatable bonds is 4. The first-order chi connectivity index (χ1) is 5.83. The molecule has 0 heterocycles. The zero-order valence-corrected chi connectivity index (χ0v) is 6.38. The monoisotopic (exact) mass is 168 g/mol. The lowest BCUT2D eigenvalue weighted by Gasteiger charge is -2.01. The van der Waals surface area contributed by atoms with E-state index in [2.05, 4.69) is 10.9 Å². The largest absolute Gasteiger partial charge is 0.294 e. The molecule has 1 aromatic carbocycles. The molecule has 0 saturated carbocycles. The van der Waals surface area contributed by atoms with E-state index in [1.54, 1.807) is 12.1 Å². The number of halogens is 1. The second-order valence-electron chi connectivity index (χ2n) is 2.24. The summed E-state index contributed by atoms with van der Waals surface area (Å²) in [4.78, 5) is 9.82. The van der Waals surface area contributed by atoms with Crippen LogP contribution in [0.5, 0.6) is 0 Å². The molecule has 4 heteroatoms. The van der Waals surface area contributed by atoms with Crippen molar-refractivity contribution >= 4 is 6.41 Å². The predicted octanol–water partition coefficient (Wildman–Crippen LogP) is 0.576. The highest BCUT2D eigenvalue weighted by atomic mass is 19.1. The molecule has 0 atom stereocenters. The number of carbonyl (C=O) groups is 1. The van der Waals surface area contributed by atoms with Gasteiger partial charge in [-0.3, -0.25) is 10.2 Å². The summed E-state index contributed by atoms with van der Waals surface area (Å²) < 4.78 is 12.4. The van der Waals surface area contributed by atoms with Crippen LogP contribution in [-0.2, 0) is 11.3 Å². The fraction of sp³-hybridized carbons (Fsp3) is 0.125. The number of nitrogens with one attached hydrogen (secondary N) is 2. The molecule has 64 valence electrons. The second kappa shape index (κ2) is 4.46. The minimum absolute atomic E-state index is 0.262. The molecule has 1 rings (SSSR count). The number of hydrogen-bond donors (Lipinski definition) is 2. The van der Waals surface area contributed by atoms with E-state index in [1.165, 1.54) is 12.1 Å². The van der Waals surface area contributed by atoms with Gasteiger partial charge >= 0.3 is 0 Å². The highest BCUT2D eigenvalue weighted by Crippen LogP contribution is 2.01. The van der Waals surface area contributed by atoms with E-state index in [1.807, 2.05) is 0 Å². The van der Waals surface area contributed by atoms with Gasteiger partial charge in [-0.2, -0.15) is 0 Å². The van der Waals surface area contributed by atoms with Crippen molar-refractivity contribution < 1.29 is 9.18 Å². The predicted molar refractivity (Wildman–Crippen MR) is 42.4 cm³/mol. The van der Waals surface area contributed by atoms with Crippen molar-refractivity contribution in [3.05, 3.63) is 35.6 Å². The van der Waals surface area contributed by atoms with Gasteiger partial charge in [-0.1, -0.05) is 12.1 Å². The Bertz CT molecular complexity index is 248. The molecule has 0 saturated heterocycles. The smallest absolute Gasteiger partial charge is 0.221 e. The van der Waals surface area contributed by atoms with Crippen LogP contribution in [-0.4, -0.2) is 6.41 Å². The Morgan fingerprint density at radius 3 is 2.58 bits per heavy atom. The van der Waals surface area contributed by atoms with Gasteiger partial charge in [0.25, 0.3) is 0 Å². The molecule has 0 radical (unpaired) electrons. The van der Waals surface area contributed by atoms with E-state index in [4.69, 9.17) is 0 Å². The van der Waals surface area contributed by atoms with Crippen molar-refractivity contribution in [2.45, 2.75) is 6.54 Å². The molecule has 3 nitrogen and oxygen atoms in total. The Morgan fingerprint density at radius 1 is 1.33 bits per heavy atom. The summed E-state index contributed by atoms with van der Waals surface area (Å²) in [5, 5.41) is 0. The summed E-state index contributed by atoms with van der Waals surface area (Å²) in [5.74, 6) is -0.262. The third kappa shape index (κ3) is 2.67. The summed E-state index contributed by atoms with van der Waals surface area (Å²) in [5.41, 5.74) is 5.83. The van der Waals surface area contributed by atoms with Crippen LogP contribution in [0.2, 0.25) is 0 Å². The van der Waals surface area contributed by atoms with E-state index in [9.17, 15) is 9.18 Å². The SMILES string of the molecule is O=CNNCc1ccc(F)cc1. The zero-order valence-electron chi connectivity index (χ0n) is 6.38. The maximum Gasteiger partial charge on any atom is 0.221 e. The van der Waals surface area contributed by atoms with Gasteiger partial charge in [0.2, 0.25) is 6.41 Å². The zero-order chi connectivity index (χ0) is 8.81. The van der Waals surface area contributed by atoms with Crippen molar-refractivity contribution in [2.24, 2.45) is 0 Å². The first-order valence-corrected chi connectivity index (χ1v) is 3.49. The molecule has 1 amide bonds. The van der Waals surface area contributed by atoms with Gasteiger partial charge in [0.05, 0.1) is 0 Å². The highest BCUT2D eigenvalue weighted by molar-refractivity contribution is 5.44. The van der Waals surface area contributed by atoms with Crippen molar-refractivity contribution in [1.29, 1.82) is 0 Å². The maximum atomic E-state index is 12.4. The van der Waals surface area contributed by atoms with Crippen molar-refractivity contribution in [3.8, 4) is 0 Å². The molecule has 0 aliphatic carbocycles. The first-order valence-electron chi connectivity index (χ1n) is 3.49. The van der Waals surface area contributed by atoms with Crippen LogP contribution >= 0.6 is 0 Å². The molecule has 0 aliphatic rings. The minimum atomic E-state index is -0.262. The normalized spacial score (nSPS) is 9.42. The van der Waals surface area contributed by atoms with E-state index in [-0.39, 0.29) is 5.82 Å². The third-order valence-corrected chi connectivity index (χ3v) is 1.37. The van der Waals surface area contributed by atoms with E-state index in [0.717, 1.165) is 5.56 Å². The first kappa shape index (κ1) is 8.67. The van der Waals surface area contributed by atoms with Crippen LogP contribution in [0.25, 0.3) is 0 Å². The topological polar surface area (TPSA) is 41.1 Å². The summed E-state index contributed by atoms with van der Waals surface area (Å²) in [6.45, 7) is 0.485. The molecule has 12 heavy (non-hydrogen) atoms. The van der Waals surface area contributed by atoms with Crippen molar-refractivity contribution in [1.82, 2.24) is 10.9 Å². The molecule has 2 N–H and O–H groups in total. The fourth-order valence-electron chi connectivity index (χ4n) is 0.797. The van der Waals surface area contributed by atoms with Crippen LogP contribution < -0.4 is 10.9 Å². The highest BCUT2D eigenvalue weighted by Gasteiger charge is 1.91. The fourth-order valence-corrected chi connectivity index (χ4v) is 0.797. The van der Waals surface area contributed by atoms with Gasteiger partial charge < -0.3 is 0 Å². The summed E-state index contributed by atoms with van der Waals surface area (Å²) in [6, 6.07) is 6.04. The van der Waals surface area contributed by atoms with Crippen LogP contribution in [0.4, 0.5) is 4.39 Å². The number of hydrazine groups is 1. The molecule has 0 aliphatic heterocycles. The van der Waals surface area contributed by atoms with Gasteiger partial charge in [0.1, 0.15) is 5.82 Å². The molecular formula is C8H9FN2O. The lowest BCUT2D eigenvalue weighted by molar-refractivity contribution is -0.110. The number of amides is 1. The molecule has 1 aromatic rings. The lowest BCUT2D eigenvalue weighted by Crippen LogP contribution is -2.29. The van der Waals surface area contributed by atoms with E-state index in [0.29, 0.717) is 13.0 Å². The van der Waals surface area contributed by atoms with Crippen molar-refractivity contribution in [3.63, 3.8) is 0 Å². The van der Waals surface area contributed by atoms with Gasteiger partial charge in [-0.15, -0.1) is 0 Å². The van der Waals surface area contributed by atoms with Gasteiger partial charge in [-0.25, -0.2) is 9.82 Å². The summed E-state index contributed by atoms with van der Waals surface area (Å²) in [7, 11) is 0. The van der Waals surface area contributed by atoms with Crippen LogP contribution in [0, 0.1) is 5.82 Å². The number of hydrogen-bond acceptors (Lipinski definition) is 2. The van der Waals surface area contributed by atoms with Gasteiger partial charge in [0, 0.05) is 6.54 Å². The maximum absolute atomic E-state index is 12.4. The van der Waals surface area contributed by atoms with Gasteiger partial charge in [-0.05, 0) is 17.7 Å². The van der Waals surface area contributed by atoms with E-state index >= 15 is 0 Å². The lowest BCUT2D eigenvalue weighted by atomic mass is 10.2.